The zero-order valence-electron chi connectivity index (χ0n) is 16.8. The van der Waals surface area contributed by atoms with Crippen molar-refractivity contribution in [3.63, 3.8) is 0 Å². The number of hydrogen-bond donors (Lipinski definition) is 1. The van der Waals surface area contributed by atoms with E-state index in [1.807, 2.05) is 13.0 Å². The topological polar surface area (TPSA) is 90.7 Å². The first-order valence-electron chi connectivity index (χ1n) is 9.09. The lowest BCUT2D eigenvalue weighted by Gasteiger charge is -2.14. The minimum absolute atomic E-state index is 0.0191. The van der Waals surface area contributed by atoms with E-state index in [-0.39, 0.29) is 24.4 Å². The van der Waals surface area contributed by atoms with E-state index in [2.05, 4.69) is 0 Å². The van der Waals surface area contributed by atoms with Gasteiger partial charge in [-0.25, -0.2) is 4.79 Å². The molecule has 2 atom stereocenters. The third kappa shape index (κ3) is 4.31. The first kappa shape index (κ1) is 20.2. The van der Waals surface area contributed by atoms with Gasteiger partial charge >= 0.3 is 5.63 Å². The van der Waals surface area contributed by atoms with Crippen LogP contribution in [0, 0.1) is 0 Å². The molecular formula is C21H26O7. The van der Waals surface area contributed by atoms with Crippen molar-refractivity contribution in [2.24, 2.45) is 0 Å². The molecule has 3 rings (SSSR count). The lowest BCUT2D eigenvalue weighted by Crippen LogP contribution is -2.28. The van der Waals surface area contributed by atoms with Crippen LogP contribution in [0.3, 0.4) is 0 Å². The number of aliphatic hydroxyl groups is 1. The minimum Gasteiger partial charge on any atom is -0.496 e. The van der Waals surface area contributed by atoms with Crippen molar-refractivity contribution < 1.29 is 28.5 Å². The number of ether oxygens (including phenoxy) is 4. The van der Waals surface area contributed by atoms with Gasteiger partial charge in [0.05, 0.1) is 31.3 Å². The molecule has 1 aliphatic heterocycles. The lowest BCUT2D eigenvalue weighted by atomic mass is 9.99. The number of fused-ring (bicyclic) bond motifs is 1. The number of rotatable bonds is 8. The molecule has 1 N–H and O–H groups in total. The highest BCUT2D eigenvalue weighted by molar-refractivity contribution is 5.91. The van der Waals surface area contributed by atoms with Gasteiger partial charge in [-0.15, -0.1) is 0 Å². The highest BCUT2D eigenvalue weighted by Gasteiger charge is 2.48. The van der Waals surface area contributed by atoms with E-state index >= 15 is 0 Å². The van der Waals surface area contributed by atoms with Crippen molar-refractivity contribution in [2.45, 2.75) is 45.0 Å². The van der Waals surface area contributed by atoms with Crippen LogP contribution in [0.4, 0.5) is 0 Å². The minimum atomic E-state index is -0.839. The molecule has 2 unspecified atom stereocenters. The molecule has 28 heavy (non-hydrogen) atoms. The first-order chi connectivity index (χ1) is 13.2. The summed E-state index contributed by atoms with van der Waals surface area (Å²) in [7, 11) is 3.05. The Morgan fingerprint density at radius 1 is 1.25 bits per heavy atom. The molecule has 0 aliphatic carbocycles. The summed E-state index contributed by atoms with van der Waals surface area (Å²) >= 11 is 0. The maximum atomic E-state index is 11.7. The van der Waals surface area contributed by atoms with E-state index in [0.717, 1.165) is 5.57 Å². The van der Waals surface area contributed by atoms with Crippen LogP contribution in [-0.2, 0) is 4.74 Å². The molecular weight excluding hydrogens is 364 g/mol. The van der Waals surface area contributed by atoms with Crippen molar-refractivity contribution in [1.82, 2.24) is 0 Å². The molecule has 1 aliphatic rings. The van der Waals surface area contributed by atoms with E-state index in [0.29, 0.717) is 29.1 Å². The zero-order valence-corrected chi connectivity index (χ0v) is 16.8. The Bertz CT molecular complexity index is 936. The monoisotopic (exact) mass is 390 g/mol. The lowest BCUT2D eigenvalue weighted by molar-refractivity contribution is 0.0482. The maximum absolute atomic E-state index is 11.7. The third-order valence-corrected chi connectivity index (χ3v) is 4.69. The zero-order chi connectivity index (χ0) is 20.5. The molecule has 2 aromatic rings. The molecule has 1 aromatic carbocycles. The van der Waals surface area contributed by atoms with Gasteiger partial charge in [0.25, 0.3) is 0 Å². The van der Waals surface area contributed by atoms with Crippen LogP contribution in [0.5, 0.6) is 17.2 Å². The maximum Gasteiger partial charge on any atom is 0.336 e. The predicted octanol–water partition coefficient (Wildman–Crippen LogP) is 3.06. The molecule has 1 aromatic heterocycles. The van der Waals surface area contributed by atoms with Crippen molar-refractivity contribution in [1.29, 1.82) is 0 Å². The Kier molecular flexibility index (Phi) is 5.67. The van der Waals surface area contributed by atoms with Crippen molar-refractivity contribution >= 4 is 11.0 Å². The summed E-state index contributed by atoms with van der Waals surface area (Å²) in [5.74, 6) is 1.28. The molecule has 7 nitrogen and oxygen atoms in total. The van der Waals surface area contributed by atoms with Crippen molar-refractivity contribution in [2.75, 3.05) is 20.8 Å². The van der Waals surface area contributed by atoms with Gasteiger partial charge in [0, 0.05) is 12.1 Å². The van der Waals surface area contributed by atoms with Gasteiger partial charge in [-0.05, 0) is 39.3 Å². The van der Waals surface area contributed by atoms with Crippen molar-refractivity contribution in [3.05, 3.63) is 40.3 Å². The second-order valence-corrected chi connectivity index (χ2v) is 7.42. The summed E-state index contributed by atoms with van der Waals surface area (Å²) in [5, 5.41) is 10.6. The molecule has 0 saturated carbocycles. The Labute approximate surface area is 163 Å². The van der Waals surface area contributed by atoms with Crippen LogP contribution in [0.1, 0.15) is 27.2 Å². The van der Waals surface area contributed by atoms with Gasteiger partial charge in [0.15, 0.2) is 11.3 Å². The van der Waals surface area contributed by atoms with Gasteiger partial charge in [-0.3, -0.25) is 0 Å². The summed E-state index contributed by atoms with van der Waals surface area (Å²) in [4.78, 5) is 11.7. The Morgan fingerprint density at radius 2 is 1.96 bits per heavy atom. The Morgan fingerprint density at radius 3 is 2.57 bits per heavy atom. The van der Waals surface area contributed by atoms with Gasteiger partial charge in [-0.2, -0.15) is 0 Å². The standard InChI is InChI=1S/C21H26O7/c1-12(10-16-20(27-16)21(2,3)23)8-9-26-19-15(25-5)11-14(24-4)13-6-7-17(22)28-18(13)19/h6-8,11,16,20,23H,9-10H2,1-5H3/b12-8+. The summed E-state index contributed by atoms with van der Waals surface area (Å²) in [6, 6.07) is 4.66. The molecule has 0 spiro atoms. The van der Waals surface area contributed by atoms with E-state index in [1.54, 1.807) is 26.0 Å². The SMILES string of the molecule is COc1cc(OC)c2ccc(=O)oc2c1OC/C=C(\C)CC1OC1C(C)(C)O. The molecule has 0 amide bonds. The van der Waals surface area contributed by atoms with Gasteiger partial charge in [0.1, 0.15) is 18.5 Å². The van der Waals surface area contributed by atoms with E-state index in [4.69, 9.17) is 23.4 Å². The summed E-state index contributed by atoms with van der Waals surface area (Å²) in [6.07, 6.45) is 2.52. The van der Waals surface area contributed by atoms with Gasteiger partial charge in [0.2, 0.25) is 5.75 Å². The van der Waals surface area contributed by atoms with E-state index in [9.17, 15) is 9.90 Å². The van der Waals surface area contributed by atoms with Crippen LogP contribution >= 0.6 is 0 Å². The summed E-state index contributed by atoms with van der Waals surface area (Å²) in [6.45, 7) is 5.74. The second-order valence-electron chi connectivity index (χ2n) is 7.42. The highest BCUT2D eigenvalue weighted by Crippen LogP contribution is 2.41. The molecule has 0 radical (unpaired) electrons. The van der Waals surface area contributed by atoms with Crippen molar-refractivity contribution in [3.8, 4) is 17.2 Å². The average Bonchev–Trinajstić information content (AvgIpc) is 3.41. The average molecular weight is 390 g/mol. The number of hydrogen-bond acceptors (Lipinski definition) is 7. The van der Waals surface area contributed by atoms with Crippen LogP contribution in [0.15, 0.2) is 39.1 Å². The number of epoxide rings is 1. The highest BCUT2D eigenvalue weighted by atomic mass is 16.6. The van der Waals surface area contributed by atoms with Crippen LogP contribution < -0.4 is 19.8 Å². The smallest absolute Gasteiger partial charge is 0.336 e. The Hall–Kier alpha value is -2.51. The molecule has 1 saturated heterocycles. The van der Waals surface area contributed by atoms with Gasteiger partial charge < -0.3 is 28.5 Å². The first-order valence-corrected chi connectivity index (χ1v) is 9.09. The summed E-state index contributed by atoms with van der Waals surface area (Å²) < 4.78 is 27.5. The predicted molar refractivity (Wildman–Crippen MR) is 104 cm³/mol. The number of methoxy groups -OCH3 is 2. The molecule has 0 bridgehead atoms. The fourth-order valence-electron chi connectivity index (χ4n) is 3.20. The molecule has 2 heterocycles. The number of benzene rings is 1. The molecule has 7 heteroatoms. The third-order valence-electron chi connectivity index (χ3n) is 4.69. The van der Waals surface area contributed by atoms with E-state index < -0.39 is 11.2 Å². The summed E-state index contributed by atoms with van der Waals surface area (Å²) in [5.41, 5.74) is 0.0363. The quantitative estimate of drug-likeness (QED) is 0.421. The van der Waals surface area contributed by atoms with Crippen LogP contribution in [-0.4, -0.2) is 43.7 Å². The Balaban J connectivity index is 1.77. The largest absolute Gasteiger partial charge is 0.496 e. The van der Waals surface area contributed by atoms with Gasteiger partial charge in [-0.1, -0.05) is 5.57 Å². The second kappa shape index (κ2) is 7.85. The van der Waals surface area contributed by atoms with E-state index in [1.165, 1.54) is 20.3 Å². The fourth-order valence-corrected chi connectivity index (χ4v) is 3.20. The molecule has 152 valence electrons. The van der Waals surface area contributed by atoms with Crippen LogP contribution in [0.2, 0.25) is 0 Å². The normalized spacial score (nSPS) is 19.6. The fraction of sp³-hybridized carbons (Fsp3) is 0.476. The van der Waals surface area contributed by atoms with Crippen LogP contribution in [0.25, 0.3) is 11.0 Å². The molecule has 1 fully saturated rings.